The van der Waals surface area contributed by atoms with E-state index in [1.54, 1.807) is 122 Å². The molecule has 0 bridgehead atoms. The number of carboxylic acids is 1. The number of amides is 1. The highest BCUT2D eigenvalue weighted by Crippen LogP contribution is 2.45. The summed E-state index contributed by atoms with van der Waals surface area (Å²) < 4.78 is 78.9. The topological polar surface area (TPSA) is 127 Å². The first-order valence-electron chi connectivity index (χ1n) is 18.6. The summed E-state index contributed by atoms with van der Waals surface area (Å²) in [6.45, 7) is 0. The molecule has 2 aliphatic rings. The Labute approximate surface area is 468 Å². The van der Waals surface area contributed by atoms with E-state index in [4.69, 9.17) is 46.4 Å². The number of thiophene rings is 2. The van der Waals surface area contributed by atoms with Gasteiger partial charge in [0.25, 0.3) is 11.8 Å². The van der Waals surface area contributed by atoms with Crippen LogP contribution in [-0.2, 0) is 182 Å². The van der Waals surface area contributed by atoms with E-state index in [0.717, 1.165) is 41.6 Å². The van der Waals surface area contributed by atoms with Crippen molar-refractivity contribution in [2.45, 2.75) is 75.3 Å². The first-order chi connectivity index (χ1) is 32.6. The lowest BCUT2D eigenvalue weighted by Gasteiger charge is -2.17. The van der Waals surface area contributed by atoms with Gasteiger partial charge in [-0.2, -0.15) is 0 Å². The van der Waals surface area contributed by atoms with Gasteiger partial charge in [0.1, 0.15) is 0 Å². The zero-order valence-corrected chi connectivity index (χ0v) is 52.6. The quantitative estimate of drug-likeness (QED) is 0.0634. The molecule has 0 spiro atoms. The molecule has 0 unspecified atom stereocenters. The Balaban J connectivity index is 0.000000491. The standard InChI is InChI=1S/C17H19F2NO4S.C14H14F2O4S.C4H9N.ClH.S15.S2/c1-23-12-7-10-8-15(25-14(10)9-13(12)24-2)17(18,19)6-5-16(21)20(22)11-3-4-11;1-19-9-5-8-6-12(14(15,16)4-3-13(17)18)21-11(8)7-10(9)20-2;1-5-4-2-3-4;;1-3-5-7-9-11-13-15-14-12-10-8-6-4-2;1-2/h7-9,11,22H,3-6H2,1-2H3;5-7H,3-4H2,1-2H3,(H,17,18);4-5H,2-3H2,1H3;1H;;. The van der Waals surface area contributed by atoms with E-state index in [1.165, 1.54) is 71.2 Å². The maximum absolute atomic E-state index is 14.5. The van der Waals surface area contributed by atoms with Gasteiger partial charge in [0.2, 0.25) is 5.91 Å². The molecule has 2 aromatic carbocycles. The maximum atomic E-state index is 14.5. The third kappa shape index (κ3) is 25.5. The fourth-order valence-electron chi connectivity index (χ4n) is 5.00. The molecule has 0 atom stereocenters. The number of rotatable bonds is 14. The molecule has 34 heteroatoms. The second-order valence-corrected chi connectivity index (χ2v) is 38.1. The Bertz CT molecular complexity index is 2790. The zero-order chi connectivity index (χ0) is 50.7. The van der Waals surface area contributed by atoms with Crippen molar-refractivity contribution in [1.29, 1.82) is 0 Å². The Morgan fingerprint density at radius 1 is 0.652 bits per heavy atom. The number of ether oxygens (including phenoxy) is 4. The minimum absolute atomic E-state index is 0. The van der Waals surface area contributed by atoms with Crippen molar-refractivity contribution in [3.8, 4) is 23.0 Å². The minimum Gasteiger partial charge on any atom is -0.493 e. The minimum atomic E-state index is -3.16. The van der Waals surface area contributed by atoms with Crippen LogP contribution in [0.4, 0.5) is 17.6 Å². The molecule has 0 radical (unpaired) electrons. The van der Waals surface area contributed by atoms with Gasteiger partial charge in [-0.3, -0.25) is 14.8 Å². The number of alkyl halides is 4. The normalized spacial score (nSPS) is 12.1. The van der Waals surface area contributed by atoms with Gasteiger partial charge in [-0.05, 0) is 67.8 Å². The van der Waals surface area contributed by atoms with E-state index in [9.17, 15) is 32.4 Å². The van der Waals surface area contributed by atoms with Crippen LogP contribution >= 0.6 is 35.1 Å². The summed E-state index contributed by atoms with van der Waals surface area (Å²) in [5.74, 6) is -6.34. The molecular formula is C35H43ClF4N2O8S19. The molecule has 3 N–H and O–H groups in total. The molecule has 4 aromatic rings. The van der Waals surface area contributed by atoms with Crippen LogP contribution in [0.15, 0.2) is 36.4 Å². The van der Waals surface area contributed by atoms with Crippen molar-refractivity contribution in [2.24, 2.45) is 0 Å². The lowest BCUT2D eigenvalue weighted by Crippen LogP contribution is -2.30. The van der Waals surface area contributed by atoms with E-state index in [-0.39, 0.29) is 28.2 Å². The van der Waals surface area contributed by atoms with Crippen molar-refractivity contribution in [3.05, 3.63) is 46.2 Å². The van der Waals surface area contributed by atoms with Crippen molar-refractivity contribution < 1.29 is 56.4 Å². The lowest BCUT2D eigenvalue weighted by molar-refractivity contribution is -0.169. The van der Waals surface area contributed by atoms with E-state index in [1.807, 2.05) is 7.05 Å². The number of hydroxylamine groups is 2. The van der Waals surface area contributed by atoms with Crippen molar-refractivity contribution >= 4 is 227 Å². The molecular weight excluding hydrogens is 1300 g/mol. The van der Waals surface area contributed by atoms with Crippen LogP contribution in [0.1, 0.15) is 61.1 Å². The van der Waals surface area contributed by atoms with Gasteiger partial charge < -0.3 is 29.4 Å². The molecule has 10 nitrogen and oxygen atoms in total. The summed E-state index contributed by atoms with van der Waals surface area (Å²) in [4.78, 5) is 21.9. The SMILES string of the molecule is CNC1CC1.COc1cc2cc(C(F)(F)CCC(=O)N(O)C3CC3)sc2cc1OC.COc1cc2cc(C(F)(F)CCC(=O)O)sc2cc1OC.Cl.S=S.S=S=S=S=S=S=S=S=S=S=S=S=S=S=S. The number of hydrogen-bond donors (Lipinski definition) is 3. The number of carboxylic acid groups (broad SMARTS) is 1. The second kappa shape index (κ2) is 37.0. The van der Waals surface area contributed by atoms with Gasteiger partial charge in [-0.1, -0.05) is 0 Å². The predicted octanol–water partition coefficient (Wildman–Crippen LogP) is 8.79. The molecule has 1 amide bonds. The first-order valence-corrected chi connectivity index (χ1v) is 40.3. The predicted molar refractivity (Wildman–Crippen MR) is 320 cm³/mol. The number of halogens is 5. The number of benzene rings is 2. The zero-order valence-electron chi connectivity index (χ0n) is 36.2. The fourth-order valence-corrected chi connectivity index (χ4v) is 37.3. The monoisotopic (exact) mass is 1340 g/mol. The number of nitrogens with one attached hydrogen (secondary N) is 1. The van der Waals surface area contributed by atoms with Crippen LogP contribution in [0.25, 0.3) is 20.2 Å². The molecule has 2 heterocycles. The molecule has 6 rings (SSSR count). The van der Waals surface area contributed by atoms with Gasteiger partial charge >= 0.3 is 5.97 Å². The highest BCUT2D eigenvalue weighted by atomic mass is 35.5. The highest BCUT2D eigenvalue weighted by molar-refractivity contribution is 8.76. The smallest absolute Gasteiger partial charge is 0.303 e. The summed E-state index contributed by atoms with van der Waals surface area (Å²) in [7, 11) is 29.6. The number of carbonyl (C=O) groups is 2. The van der Waals surface area contributed by atoms with Crippen LogP contribution in [0.2, 0.25) is 0 Å². The van der Waals surface area contributed by atoms with Crippen molar-refractivity contribution in [3.63, 3.8) is 0 Å². The van der Waals surface area contributed by atoms with E-state index in [2.05, 4.69) is 27.7 Å². The Kier molecular flexibility index (Phi) is 36.0. The Morgan fingerprint density at radius 3 is 1.29 bits per heavy atom. The molecule has 0 aliphatic heterocycles. The number of hydrogen-bond acceptors (Lipinski definition) is 14. The lowest BCUT2D eigenvalue weighted by atomic mass is 10.1. The van der Waals surface area contributed by atoms with Gasteiger partial charge in [0.05, 0.1) is 50.7 Å². The largest absolute Gasteiger partial charge is 0.493 e. The van der Waals surface area contributed by atoms with Crippen LogP contribution in [0.3, 0.4) is 0 Å². The number of methoxy groups -OCH3 is 4. The maximum Gasteiger partial charge on any atom is 0.303 e. The van der Waals surface area contributed by atoms with Crippen LogP contribution in [-0.4, -0.2) is 74.8 Å². The fraction of sp³-hybridized carbons (Fsp3) is 0.486. The van der Waals surface area contributed by atoms with Gasteiger partial charge in [-0.25, -0.2) is 22.6 Å². The molecule has 390 valence electrons. The average Bonchev–Trinajstić information content (AvgIpc) is 4.29. The Hall–Kier alpha value is 0.170. The second-order valence-electron chi connectivity index (χ2n) is 12.9. The van der Waals surface area contributed by atoms with Gasteiger partial charge in [0.15, 0.2) is 23.0 Å². The first kappa shape index (κ1) is 67.2. The summed E-state index contributed by atoms with van der Waals surface area (Å²) in [5.41, 5.74) is 0. The number of nitrogens with zero attached hydrogens (tertiary/aromatic N) is 1. The molecule has 69 heavy (non-hydrogen) atoms. The van der Waals surface area contributed by atoms with Crippen LogP contribution in [0.5, 0.6) is 23.0 Å². The summed E-state index contributed by atoms with van der Waals surface area (Å²) in [5, 5.41) is 23.1. The highest BCUT2D eigenvalue weighted by Gasteiger charge is 2.37. The van der Waals surface area contributed by atoms with Gasteiger partial charge in [0, 0.05) is 207 Å². The number of aliphatic carboxylic acids is 1. The number of carbonyl (C=O) groups excluding carboxylic acids is 1. The van der Waals surface area contributed by atoms with Crippen molar-refractivity contribution in [1.82, 2.24) is 10.4 Å². The van der Waals surface area contributed by atoms with Crippen LogP contribution in [0, 0.1) is 0 Å². The molecule has 2 saturated carbocycles. The van der Waals surface area contributed by atoms with E-state index >= 15 is 0 Å². The number of fused-ring (bicyclic) bond motifs is 2. The van der Waals surface area contributed by atoms with Crippen LogP contribution < -0.4 is 24.3 Å². The molecule has 2 fully saturated rings. The third-order valence-corrected chi connectivity index (χ3v) is 37.6. The average molecular weight is 1340 g/mol. The molecule has 2 aliphatic carbocycles. The summed E-state index contributed by atoms with van der Waals surface area (Å²) >= 11 is 18.7. The van der Waals surface area contributed by atoms with Gasteiger partial charge in [-0.15, -0.1) is 35.1 Å². The third-order valence-electron chi connectivity index (χ3n) is 8.54. The van der Waals surface area contributed by atoms with E-state index < -0.39 is 49.4 Å². The van der Waals surface area contributed by atoms with Crippen molar-refractivity contribution in [2.75, 3.05) is 35.5 Å². The van der Waals surface area contributed by atoms with E-state index in [0.29, 0.717) is 48.2 Å². The Morgan fingerprint density at radius 2 is 1.00 bits per heavy atom. The summed E-state index contributed by atoms with van der Waals surface area (Å²) in [6.07, 6.45) is 1.90. The summed E-state index contributed by atoms with van der Waals surface area (Å²) in [6, 6.07) is 10.0. The molecule has 2 aromatic heterocycles. The molecule has 0 saturated heterocycles.